The second-order valence-corrected chi connectivity index (χ2v) is 8.76. The number of hydrogen-bond donors (Lipinski definition) is 1. The minimum absolute atomic E-state index is 0.0217. The maximum atomic E-state index is 13.3. The Kier molecular flexibility index (Phi) is 4.67. The zero-order valence-corrected chi connectivity index (χ0v) is 15.7. The number of carbonyl (C=O) groups is 2. The second-order valence-electron chi connectivity index (χ2n) is 8.76. The van der Waals surface area contributed by atoms with Crippen molar-refractivity contribution >= 4 is 11.9 Å². The summed E-state index contributed by atoms with van der Waals surface area (Å²) >= 11 is 0. The van der Waals surface area contributed by atoms with Crippen molar-refractivity contribution in [2.24, 2.45) is 23.2 Å². The van der Waals surface area contributed by atoms with Crippen LogP contribution in [0.5, 0.6) is 0 Å². The predicted molar refractivity (Wildman–Crippen MR) is 99.4 cm³/mol. The predicted octanol–water partition coefficient (Wildman–Crippen LogP) is 2.97. The number of benzene rings is 1. The summed E-state index contributed by atoms with van der Waals surface area (Å²) in [4.78, 5) is 25.6. The van der Waals surface area contributed by atoms with E-state index >= 15 is 0 Å². The number of hydrogen-bond acceptors (Lipinski definition) is 4. The van der Waals surface area contributed by atoms with Gasteiger partial charge < -0.3 is 10.1 Å². The van der Waals surface area contributed by atoms with Crippen LogP contribution in [0.3, 0.4) is 0 Å². The molecule has 4 aliphatic rings. The number of nitrogens with one attached hydrogen (secondary N) is 1. The molecular formula is C22H26N2O3. The van der Waals surface area contributed by atoms with Gasteiger partial charge in [-0.3, -0.25) is 4.79 Å². The Morgan fingerprint density at radius 1 is 1.22 bits per heavy atom. The third-order valence-corrected chi connectivity index (χ3v) is 6.81. The van der Waals surface area contributed by atoms with E-state index < -0.39 is 12.0 Å². The first-order valence-corrected chi connectivity index (χ1v) is 9.89. The van der Waals surface area contributed by atoms with Gasteiger partial charge in [-0.05, 0) is 74.0 Å². The van der Waals surface area contributed by atoms with Crippen LogP contribution in [0, 0.1) is 34.5 Å². The molecule has 0 radical (unpaired) electrons. The standard InChI is InChI=1S/C22H26N2O3/c1-27-20(25)19(9-14-3-2-4-15(5-14)13-23)24-21(26)22-10-16-6-17(11-22)8-18(7-16)12-22/h2-5,16-19H,6-12H2,1H3,(H,24,26)/t16?,17?,18?,19-,22?/m0/s1. The van der Waals surface area contributed by atoms with E-state index in [1.165, 1.54) is 26.4 Å². The van der Waals surface area contributed by atoms with E-state index in [2.05, 4.69) is 11.4 Å². The van der Waals surface area contributed by atoms with Crippen LogP contribution in [0.25, 0.3) is 0 Å². The number of methoxy groups -OCH3 is 1. The third kappa shape index (κ3) is 3.45. The van der Waals surface area contributed by atoms with Crippen molar-refractivity contribution < 1.29 is 14.3 Å². The maximum Gasteiger partial charge on any atom is 0.328 e. The highest BCUT2D eigenvalue weighted by molar-refractivity contribution is 5.88. The van der Waals surface area contributed by atoms with Gasteiger partial charge in [-0.25, -0.2) is 4.79 Å². The maximum absolute atomic E-state index is 13.3. The van der Waals surface area contributed by atoms with Crippen molar-refractivity contribution in [1.82, 2.24) is 5.32 Å². The first-order chi connectivity index (χ1) is 13.0. The van der Waals surface area contributed by atoms with Crippen LogP contribution in [0.1, 0.15) is 49.7 Å². The van der Waals surface area contributed by atoms with E-state index in [0.29, 0.717) is 29.7 Å². The van der Waals surface area contributed by atoms with Gasteiger partial charge in [-0.1, -0.05) is 12.1 Å². The molecule has 5 nitrogen and oxygen atoms in total. The van der Waals surface area contributed by atoms with E-state index in [0.717, 1.165) is 24.8 Å². The van der Waals surface area contributed by atoms with Crippen LogP contribution < -0.4 is 5.32 Å². The van der Waals surface area contributed by atoms with Crippen LogP contribution >= 0.6 is 0 Å². The second kappa shape index (κ2) is 6.99. The van der Waals surface area contributed by atoms with Gasteiger partial charge in [0.05, 0.1) is 18.7 Å². The monoisotopic (exact) mass is 366 g/mol. The summed E-state index contributed by atoms with van der Waals surface area (Å²) in [6.07, 6.45) is 7.03. The van der Waals surface area contributed by atoms with Gasteiger partial charge in [0.2, 0.25) is 5.91 Å². The van der Waals surface area contributed by atoms with Crippen LogP contribution in [0.4, 0.5) is 0 Å². The number of rotatable bonds is 5. The topological polar surface area (TPSA) is 79.2 Å². The van der Waals surface area contributed by atoms with Gasteiger partial charge in [-0.2, -0.15) is 5.26 Å². The van der Waals surface area contributed by atoms with E-state index in [-0.39, 0.29) is 11.3 Å². The third-order valence-electron chi connectivity index (χ3n) is 6.81. The molecule has 4 fully saturated rings. The van der Waals surface area contributed by atoms with Crippen molar-refractivity contribution in [2.75, 3.05) is 7.11 Å². The molecule has 1 amide bonds. The Bertz CT molecular complexity index is 760. The summed E-state index contributed by atoms with van der Waals surface area (Å²) in [7, 11) is 1.35. The molecule has 4 aliphatic carbocycles. The minimum Gasteiger partial charge on any atom is -0.467 e. The number of nitrogens with zero attached hydrogens (tertiary/aromatic N) is 1. The van der Waals surface area contributed by atoms with Gasteiger partial charge in [-0.15, -0.1) is 0 Å². The van der Waals surface area contributed by atoms with Gasteiger partial charge in [0.15, 0.2) is 0 Å². The molecule has 0 saturated heterocycles. The van der Waals surface area contributed by atoms with E-state index in [1.54, 1.807) is 18.2 Å². The van der Waals surface area contributed by atoms with Crippen LogP contribution in [0.2, 0.25) is 0 Å². The van der Waals surface area contributed by atoms with Crippen molar-refractivity contribution in [3.05, 3.63) is 35.4 Å². The molecule has 1 aromatic carbocycles. The molecule has 1 N–H and O–H groups in total. The average molecular weight is 366 g/mol. The van der Waals surface area contributed by atoms with E-state index in [1.807, 2.05) is 6.07 Å². The number of esters is 1. The fourth-order valence-corrected chi connectivity index (χ4v) is 6.04. The first-order valence-electron chi connectivity index (χ1n) is 9.89. The summed E-state index contributed by atoms with van der Waals surface area (Å²) in [5.74, 6) is 1.60. The molecule has 1 aromatic rings. The molecule has 0 unspecified atom stereocenters. The molecule has 0 heterocycles. The molecule has 4 bridgehead atoms. The highest BCUT2D eigenvalue weighted by Crippen LogP contribution is 2.60. The van der Waals surface area contributed by atoms with E-state index in [9.17, 15) is 9.59 Å². The molecule has 4 saturated carbocycles. The average Bonchev–Trinajstić information content (AvgIpc) is 2.66. The summed E-state index contributed by atoms with van der Waals surface area (Å²) in [5.41, 5.74) is 1.09. The number of ether oxygens (including phenoxy) is 1. The summed E-state index contributed by atoms with van der Waals surface area (Å²) in [6, 6.07) is 8.54. The zero-order chi connectivity index (χ0) is 19.0. The van der Waals surface area contributed by atoms with Crippen molar-refractivity contribution in [3.63, 3.8) is 0 Å². The lowest BCUT2D eigenvalue weighted by molar-refractivity contribution is -0.152. The molecule has 0 aromatic heterocycles. The molecule has 0 aliphatic heterocycles. The highest BCUT2D eigenvalue weighted by atomic mass is 16.5. The fourth-order valence-electron chi connectivity index (χ4n) is 6.04. The quantitative estimate of drug-likeness (QED) is 0.813. The molecule has 142 valence electrons. The summed E-state index contributed by atoms with van der Waals surface area (Å²) in [6.45, 7) is 0. The van der Waals surface area contributed by atoms with Gasteiger partial charge >= 0.3 is 5.97 Å². The van der Waals surface area contributed by atoms with Gasteiger partial charge in [0, 0.05) is 11.8 Å². The van der Waals surface area contributed by atoms with Gasteiger partial charge in [0.1, 0.15) is 6.04 Å². The number of carbonyl (C=O) groups excluding carboxylic acids is 2. The Balaban J connectivity index is 1.51. The minimum atomic E-state index is -0.718. The molecule has 5 heteroatoms. The first kappa shape index (κ1) is 18.0. The highest BCUT2D eigenvalue weighted by Gasteiger charge is 2.55. The summed E-state index contributed by atoms with van der Waals surface area (Å²) < 4.78 is 4.94. The van der Waals surface area contributed by atoms with E-state index in [4.69, 9.17) is 10.00 Å². The Labute approximate surface area is 160 Å². The SMILES string of the molecule is COC(=O)[C@H](Cc1cccc(C#N)c1)NC(=O)C12CC3CC(CC(C3)C1)C2. The van der Waals surface area contributed by atoms with Crippen LogP contribution in [-0.2, 0) is 20.7 Å². The summed E-state index contributed by atoms with van der Waals surface area (Å²) in [5, 5.41) is 12.1. The van der Waals surface area contributed by atoms with Crippen molar-refractivity contribution in [2.45, 2.75) is 51.0 Å². The molecule has 27 heavy (non-hydrogen) atoms. The number of amides is 1. The van der Waals surface area contributed by atoms with Gasteiger partial charge in [0.25, 0.3) is 0 Å². The zero-order valence-electron chi connectivity index (χ0n) is 15.7. The molecular weight excluding hydrogens is 340 g/mol. The molecule has 5 rings (SSSR count). The van der Waals surface area contributed by atoms with Crippen molar-refractivity contribution in [1.29, 1.82) is 5.26 Å². The smallest absolute Gasteiger partial charge is 0.328 e. The molecule has 0 spiro atoms. The van der Waals surface area contributed by atoms with Crippen molar-refractivity contribution in [3.8, 4) is 6.07 Å². The largest absolute Gasteiger partial charge is 0.467 e. The van der Waals surface area contributed by atoms with Crippen LogP contribution in [-0.4, -0.2) is 25.0 Å². The Morgan fingerprint density at radius 3 is 2.41 bits per heavy atom. The molecule has 1 atom stereocenters. The lowest BCUT2D eigenvalue weighted by Gasteiger charge is -2.55. The Morgan fingerprint density at radius 2 is 1.85 bits per heavy atom. The lowest BCUT2D eigenvalue weighted by atomic mass is 9.49. The Hall–Kier alpha value is -2.35. The van der Waals surface area contributed by atoms with Crippen LogP contribution in [0.15, 0.2) is 24.3 Å². The normalized spacial score (nSPS) is 31.8. The fraction of sp³-hybridized carbons (Fsp3) is 0.591. The lowest BCUT2D eigenvalue weighted by Crippen LogP contribution is -2.56. The number of nitriles is 1.